The van der Waals surface area contributed by atoms with E-state index in [2.05, 4.69) is 36.9 Å². The van der Waals surface area contributed by atoms with E-state index in [1.165, 1.54) is 16.7 Å². The molecule has 54 valence electrons. The molecular weight excluding hydrogens is 132 g/mol. The molecule has 0 saturated heterocycles. The van der Waals surface area contributed by atoms with Crippen LogP contribution in [0.4, 0.5) is 0 Å². The summed E-state index contributed by atoms with van der Waals surface area (Å²) in [6.45, 7) is 3.77. The topological polar surface area (TPSA) is 0 Å². The van der Waals surface area contributed by atoms with Crippen LogP contribution in [0.15, 0.2) is 30.9 Å². The zero-order chi connectivity index (χ0) is 7.68. The highest BCUT2D eigenvalue weighted by molar-refractivity contribution is 5.70. The fourth-order valence-corrected chi connectivity index (χ4v) is 1.50. The van der Waals surface area contributed by atoms with Crippen LogP contribution in [-0.4, -0.2) is 0 Å². The van der Waals surface area contributed by atoms with Crippen molar-refractivity contribution in [3.8, 4) is 0 Å². The van der Waals surface area contributed by atoms with Crippen molar-refractivity contribution >= 4 is 12.2 Å². The summed E-state index contributed by atoms with van der Waals surface area (Å²) < 4.78 is 0. The van der Waals surface area contributed by atoms with E-state index in [4.69, 9.17) is 0 Å². The number of hydrogen-bond acceptors (Lipinski definition) is 0. The fraction of sp³-hybridized carbons (Fsp3) is 0.0909. The van der Waals surface area contributed by atoms with Crippen molar-refractivity contribution in [2.45, 2.75) is 6.42 Å². The van der Waals surface area contributed by atoms with Gasteiger partial charge in [-0.25, -0.2) is 0 Å². The molecule has 1 aliphatic rings. The Balaban J connectivity index is 2.66. The van der Waals surface area contributed by atoms with E-state index >= 15 is 0 Å². The summed E-state index contributed by atoms with van der Waals surface area (Å²) in [6, 6.07) is 6.35. The van der Waals surface area contributed by atoms with Gasteiger partial charge < -0.3 is 0 Å². The molecule has 0 N–H and O–H groups in total. The standard InChI is InChI=1S/C11H10/c1-2-9-5-3-6-10-7-4-8-11(9)10/h2-6,8H,1,7H2. The molecule has 0 radical (unpaired) electrons. The summed E-state index contributed by atoms with van der Waals surface area (Å²) in [4.78, 5) is 0. The van der Waals surface area contributed by atoms with Crippen LogP contribution in [0.25, 0.3) is 12.2 Å². The quantitative estimate of drug-likeness (QED) is 0.565. The van der Waals surface area contributed by atoms with Gasteiger partial charge in [-0.1, -0.05) is 43.0 Å². The van der Waals surface area contributed by atoms with Gasteiger partial charge in [0.15, 0.2) is 0 Å². The summed E-state index contributed by atoms with van der Waals surface area (Å²) in [6.07, 6.45) is 7.36. The Labute approximate surface area is 66.9 Å². The minimum atomic E-state index is 1.08. The highest BCUT2D eigenvalue weighted by Crippen LogP contribution is 2.23. The molecule has 11 heavy (non-hydrogen) atoms. The van der Waals surface area contributed by atoms with Gasteiger partial charge in [0.25, 0.3) is 0 Å². The van der Waals surface area contributed by atoms with Crippen molar-refractivity contribution in [1.82, 2.24) is 0 Å². The van der Waals surface area contributed by atoms with E-state index in [-0.39, 0.29) is 0 Å². The summed E-state index contributed by atoms with van der Waals surface area (Å²) in [7, 11) is 0. The van der Waals surface area contributed by atoms with Gasteiger partial charge in [-0.05, 0) is 23.1 Å². The Hall–Kier alpha value is -1.30. The molecule has 0 bridgehead atoms. The number of allylic oxidation sites excluding steroid dienone is 1. The molecule has 0 atom stereocenters. The molecule has 0 nitrogen and oxygen atoms in total. The second kappa shape index (κ2) is 2.39. The van der Waals surface area contributed by atoms with Gasteiger partial charge in [-0.2, -0.15) is 0 Å². The van der Waals surface area contributed by atoms with E-state index in [0.29, 0.717) is 0 Å². The van der Waals surface area contributed by atoms with E-state index < -0.39 is 0 Å². The van der Waals surface area contributed by atoms with E-state index in [9.17, 15) is 0 Å². The molecule has 1 aliphatic carbocycles. The van der Waals surface area contributed by atoms with Gasteiger partial charge in [0, 0.05) is 0 Å². The molecule has 0 heterocycles. The smallest absolute Gasteiger partial charge is 0.00880 e. The van der Waals surface area contributed by atoms with Crippen LogP contribution in [0.5, 0.6) is 0 Å². The second-order valence-corrected chi connectivity index (χ2v) is 2.73. The molecule has 1 aromatic carbocycles. The SMILES string of the molecule is C=Cc1cccc2c1C=CC2. The van der Waals surface area contributed by atoms with Gasteiger partial charge in [0.05, 0.1) is 0 Å². The summed E-state index contributed by atoms with van der Waals surface area (Å²) in [5.41, 5.74) is 4.01. The lowest BCUT2D eigenvalue weighted by Gasteiger charge is -2.01. The van der Waals surface area contributed by atoms with Crippen molar-refractivity contribution in [2.24, 2.45) is 0 Å². The molecule has 0 heteroatoms. The maximum Gasteiger partial charge on any atom is -0.00880 e. The van der Waals surface area contributed by atoms with Gasteiger partial charge in [0.1, 0.15) is 0 Å². The maximum atomic E-state index is 3.77. The maximum absolute atomic E-state index is 3.77. The van der Waals surface area contributed by atoms with Crippen molar-refractivity contribution in [2.75, 3.05) is 0 Å². The zero-order valence-corrected chi connectivity index (χ0v) is 6.38. The Kier molecular flexibility index (Phi) is 1.39. The minimum Gasteiger partial charge on any atom is -0.0984 e. The molecule has 0 fully saturated rings. The number of benzene rings is 1. The van der Waals surface area contributed by atoms with Gasteiger partial charge >= 0.3 is 0 Å². The average Bonchev–Trinajstić information content (AvgIpc) is 2.50. The first-order valence-electron chi connectivity index (χ1n) is 3.82. The fourth-order valence-electron chi connectivity index (χ4n) is 1.50. The predicted molar refractivity (Wildman–Crippen MR) is 49.3 cm³/mol. The third-order valence-electron chi connectivity index (χ3n) is 2.07. The highest BCUT2D eigenvalue weighted by atomic mass is 14.1. The molecular formula is C11H10. The van der Waals surface area contributed by atoms with Gasteiger partial charge in [-0.3, -0.25) is 0 Å². The Bertz CT molecular complexity index is 319. The lowest BCUT2D eigenvalue weighted by Crippen LogP contribution is -1.83. The van der Waals surface area contributed by atoms with Crippen LogP contribution in [0.1, 0.15) is 16.7 Å². The molecule has 0 aliphatic heterocycles. The van der Waals surface area contributed by atoms with E-state index in [0.717, 1.165) is 6.42 Å². The van der Waals surface area contributed by atoms with Crippen molar-refractivity contribution in [3.05, 3.63) is 47.5 Å². The molecule has 2 rings (SSSR count). The Morgan fingerprint density at radius 2 is 2.27 bits per heavy atom. The normalized spacial score (nSPS) is 13.1. The monoisotopic (exact) mass is 142 g/mol. The number of hydrogen-bond donors (Lipinski definition) is 0. The molecule has 0 aromatic heterocycles. The summed E-state index contributed by atoms with van der Waals surface area (Å²) >= 11 is 0. The molecule has 0 saturated carbocycles. The number of fused-ring (bicyclic) bond motifs is 1. The highest BCUT2D eigenvalue weighted by Gasteiger charge is 2.05. The Morgan fingerprint density at radius 1 is 1.36 bits per heavy atom. The molecule has 0 unspecified atom stereocenters. The average molecular weight is 142 g/mol. The minimum absolute atomic E-state index is 1.08. The van der Waals surface area contributed by atoms with E-state index in [1.807, 2.05) is 6.08 Å². The number of rotatable bonds is 1. The van der Waals surface area contributed by atoms with Crippen LogP contribution in [0, 0.1) is 0 Å². The molecule has 0 amide bonds. The van der Waals surface area contributed by atoms with Crippen LogP contribution < -0.4 is 0 Å². The van der Waals surface area contributed by atoms with Gasteiger partial charge in [-0.15, -0.1) is 0 Å². The second-order valence-electron chi connectivity index (χ2n) is 2.73. The van der Waals surface area contributed by atoms with Crippen molar-refractivity contribution in [1.29, 1.82) is 0 Å². The third-order valence-corrected chi connectivity index (χ3v) is 2.07. The van der Waals surface area contributed by atoms with Crippen molar-refractivity contribution in [3.63, 3.8) is 0 Å². The van der Waals surface area contributed by atoms with Crippen LogP contribution in [0.3, 0.4) is 0 Å². The molecule has 0 spiro atoms. The van der Waals surface area contributed by atoms with Crippen molar-refractivity contribution < 1.29 is 0 Å². The first kappa shape index (κ1) is 6.41. The predicted octanol–water partition coefficient (Wildman–Crippen LogP) is 2.90. The van der Waals surface area contributed by atoms with Crippen LogP contribution >= 0.6 is 0 Å². The summed E-state index contributed by atoms with van der Waals surface area (Å²) in [5.74, 6) is 0. The van der Waals surface area contributed by atoms with Gasteiger partial charge in [0.2, 0.25) is 0 Å². The first-order chi connectivity index (χ1) is 5.42. The Morgan fingerprint density at radius 3 is 3.09 bits per heavy atom. The van der Waals surface area contributed by atoms with E-state index in [1.54, 1.807) is 0 Å². The first-order valence-corrected chi connectivity index (χ1v) is 3.82. The molecule has 1 aromatic rings. The lowest BCUT2D eigenvalue weighted by atomic mass is 10.0. The largest absolute Gasteiger partial charge is 0.0984 e. The zero-order valence-electron chi connectivity index (χ0n) is 6.38. The van der Waals surface area contributed by atoms with Crippen LogP contribution in [-0.2, 0) is 6.42 Å². The summed E-state index contributed by atoms with van der Waals surface area (Å²) in [5, 5.41) is 0. The third kappa shape index (κ3) is 0.911. The lowest BCUT2D eigenvalue weighted by molar-refractivity contribution is 1.31. The van der Waals surface area contributed by atoms with Crippen LogP contribution in [0.2, 0.25) is 0 Å².